The van der Waals surface area contributed by atoms with Gasteiger partial charge in [0.25, 0.3) is 0 Å². The molecule has 0 heterocycles. The van der Waals surface area contributed by atoms with E-state index < -0.39 is 0 Å². The summed E-state index contributed by atoms with van der Waals surface area (Å²) >= 11 is 5.91. The normalized spacial score (nSPS) is 14.1. The van der Waals surface area contributed by atoms with Crippen LogP contribution in [0.3, 0.4) is 0 Å². The molecule has 0 saturated carbocycles. The van der Waals surface area contributed by atoms with E-state index in [2.05, 4.69) is 24.3 Å². The van der Waals surface area contributed by atoms with Gasteiger partial charge in [-0.05, 0) is 48.9 Å². The molecule has 0 fully saturated rings. The monoisotopic (exact) mass is 274 g/mol. The van der Waals surface area contributed by atoms with E-state index in [4.69, 9.17) is 11.6 Å². The molecule has 0 bridgehead atoms. The number of hydrogen-bond donors (Lipinski definition) is 1. The maximum Gasteiger partial charge on any atom is 0.0518 e. The molecule has 0 aliphatic rings. The van der Waals surface area contributed by atoms with Gasteiger partial charge in [-0.1, -0.05) is 54.1 Å². The van der Waals surface area contributed by atoms with Crippen molar-refractivity contribution in [3.63, 3.8) is 0 Å². The molecule has 2 rings (SSSR count). The molecule has 1 nitrogen and oxygen atoms in total. The second-order valence-electron chi connectivity index (χ2n) is 5.02. The number of halogens is 1. The van der Waals surface area contributed by atoms with E-state index in [9.17, 15) is 5.11 Å². The van der Waals surface area contributed by atoms with Gasteiger partial charge in [0.1, 0.15) is 0 Å². The molecule has 2 aromatic rings. The highest BCUT2D eigenvalue weighted by Crippen LogP contribution is 2.26. The third-order valence-corrected chi connectivity index (χ3v) is 3.54. The minimum absolute atomic E-state index is 0.294. The fourth-order valence-electron chi connectivity index (χ4n) is 2.38. The number of rotatable bonds is 5. The zero-order valence-electron chi connectivity index (χ0n) is 11.1. The van der Waals surface area contributed by atoms with Crippen molar-refractivity contribution in [3.05, 3.63) is 70.7 Å². The highest BCUT2D eigenvalue weighted by atomic mass is 35.5. The Kier molecular flexibility index (Phi) is 5.00. The Morgan fingerprint density at radius 1 is 1.00 bits per heavy atom. The minimum atomic E-state index is -0.294. The molecule has 2 aromatic carbocycles. The summed E-state index contributed by atoms with van der Waals surface area (Å²) in [6.07, 6.45) is 1.40. The standard InChI is InChI=1S/C17H19ClO/c1-13(19)11-16(15-5-3-2-4-6-15)12-14-7-9-17(18)10-8-14/h2-10,13,16,19H,11-12H2,1H3. The largest absolute Gasteiger partial charge is 0.393 e. The molecular formula is C17H19ClO. The first-order valence-corrected chi connectivity index (χ1v) is 7.00. The Morgan fingerprint density at radius 2 is 1.63 bits per heavy atom. The zero-order chi connectivity index (χ0) is 13.7. The third-order valence-electron chi connectivity index (χ3n) is 3.29. The summed E-state index contributed by atoms with van der Waals surface area (Å²) in [5.74, 6) is 0.336. The molecule has 2 unspecified atom stereocenters. The van der Waals surface area contributed by atoms with E-state index in [1.54, 1.807) is 0 Å². The Morgan fingerprint density at radius 3 is 2.21 bits per heavy atom. The van der Waals surface area contributed by atoms with Crippen molar-refractivity contribution in [1.82, 2.24) is 0 Å². The van der Waals surface area contributed by atoms with Gasteiger partial charge in [0.2, 0.25) is 0 Å². The fraction of sp³-hybridized carbons (Fsp3) is 0.294. The summed E-state index contributed by atoms with van der Waals surface area (Å²) in [7, 11) is 0. The first-order valence-electron chi connectivity index (χ1n) is 6.62. The van der Waals surface area contributed by atoms with Crippen molar-refractivity contribution in [1.29, 1.82) is 0 Å². The van der Waals surface area contributed by atoms with E-state index in [0.29, 0.717) is 5.92 Å². The molecule has 0 amide bonds. The van der Waals surface area contributed by atoms with Gasteiger partial charge >= 0.3 is 0 Å². The highest BCUT2D eigenvalue weighted by molar-refractivity contribution is 6.30. The van der Waals surface area contributed by atoms with Crippen LogP contribution in [0.5, 0.6) is 0 Å². The summed E-state index contributed by atoms with van der Waals surface area (Å²) in [5.41, 5.74) is 2.53. The van der Waals surface area contributed by atoms with Crippen molar-refractivity contribution in [2.75, 3.05) is 0 Å². The summed E-state index contributed by atoms with van der Waals surface area (Å²) < 4.78 is 0. The third kappa shape index (κ3) is 4.38. The lowest BCUT2D eigenvalue weighted by atomic mass is 9.88. The van der Waals surface area contributed by atoms with Crippen LogP contribution in [-0.2, 0) is 6.42 Å². The molecule has 0 aliphatic carbocycles. The van der Waals surface area contributed by atoms with Gasteiger partial charge < -0.3 is 5.11 Å². The van der Waals surface area contributed by atoms with Crippen LogP contribution in [0.4, 0.5) is 0 Å². The van der Waals surface area contributed by atoms with Gasteiger partial charge in [-0.3, -0.25) is 0 Å². The number of hydrogen-bond acceptors (Lipinski definition) is 1. The molecule has 0 aromatic heterocycles. The Balaban J connectivity index is 2.16. The molecule has 0 radical (unpaired) electrons. The lowest BCUT2D eigenvalue weighted by molar-refractivity contribution is 0.174. The minimum Gasteiger partial charge on any atom is -0.393 e. The lowest BCUT2D eigenvalue weighted by Crippen LogP contribution is -2.11. The van der Waals surface area contributed by atoms with Gasteiger partial charge in [0, 0.05) is 5.02 Å². The van der Waals surface area contributed by atoms with Crippen molar-refractivity contribution < 1.29 is 5.11 Å². The van der Waals surface area contributed by atoms with Crippen LogP contribution < -0.4 is 0 Å². The van der Waals surface area contributed by atoms with Gasteiger partial charge in [-0.15, -0.1) is 0 Å². The Hall–Kier alpha value is -1.31. The van der Waals surface area contributed by atoms with E-state index in [-0.39, 0.29) is 6.10 Å². The molecule has 2 atom stereocenters. The number of aliphatic hydroxyl groups excluding tert-OH is 1. The molecule has 19 heavy (non-hydrogen) atoms. The quantitative estimate of drug-likeness (QED) is 0.855. The van der Waals surface area contributed by atoms with E-state index >= 15 is 0 Å². The molecule has 1 N–H and O–H groups in total. The van der Waals surface area contributed by atoms with Crippen molar-refractivity contribution in [2.24, 2.45) is 0 Å². The summed E-state index contributed by atoms with van der Waals surface area (Å²) in [6.45, 7) is 1.85. The summed E-state index contributed by atoms with van der Waals surface area (Å²) in [4.78, 5) is 0. The highest BCUT2D eigenvalue weighted by Gasteiger charge is 2.14. The fourth-order valence-corrected chi connectivity index (χ4v) is 2.51. The van der Waals surface area contributed by atoms with Crippen molar-refractivity contribution in [2.45, 2.75) is 31.8 Å². The van der Waals surface area contributed by atoms with E-state index in [1.165, 1.54) is 11.1 Å². The maximum absolute atomic E-state index is 9.69. The van der Waals surface area contributed by atoms with Crippen LogP contribution >= 0.6 is 11.6 Å². The number of benzene rings is 2. The first-order chi connectivity index (χ1) is 9.15. The number of aliphatic hydroxyl groups is 1. The maximum atomic E-state index is 9.69. The van der Waals surface area contributed by atoms with Crippen LogP contribution in [0.1, 0.15) is 30.4 Å². The topological polar surface area (TPSA) is 20.2 Å². The predicted octanol–water partition coefficient (Wildman–Crippen LogP) is 4.44. The zero-order valence-corrected chi connectivity index (χ0v) is 11.8. The SMILES string of the molecule is CC(O)CC(Cc1ccc(Cl)cc1)c1ccccc1. The predicted molar refractivity (Wildman–Crippen MR) is 80.6 cm³/mol. The lowest BCUT2D eigenvalue weighted by Gasteiger charge is -2.19. The van der Waals surface area contributed by atoms with Crippen LogP contribution in [0.15, 0.2) is 54.6 Å². The van der Waals surface area contributed by atoms with Crippen LogP contribution in [0.25, 0.3) is 0 Å². The van der Waals surface area contributed by atoms with Gasteiger partial charge in [-0.2, -0.15) is 0 Å². The molecular weight excluding hydrogens is 256 g/mol. The summed E-state index contributed by atoms with van der Waals surface area (Å²) in [6, 6.07) is 18.3. The second-order valence-corrected chi connectivity index (χ2v) is 5.46. The van der Waals surface area contributed by atoms with Crippen molar-refractivity contribution >= 4 is 11.6 Å². The van der Waals surface area contributed by atoms with Crippen LogP contribution in [0.2, 0.25) is 5.02 Å². The summed E-state index contributed by atoms with van der Waals surface area (Å²) in [5, 5.41) is 10.4. The Labute approximate surface area is 119 Å². The molecule has 0 aliphatic heterocycles. The molecule has 0 spiro atoms. The van der Waals surface area contributed by atoms with Crippen molar-refractivity contribution in [3.8, 4) is 0 Å². The smallest absolute Gasteiger partial charge is 0.0518 e. The second kappa shape index (κ2) is 6.74. The van der Waals surface area contributed by atoms with Crippen LogP contribution in [0, 0.1) is 0 Å². The molecule has 100 valence electrons. The van der Waals surface area contributed by atoms with Gasteiger partial charge in [0.15, 0.2) is 0 Å². The van der Waals surface area contributed by atoms with Gasteiger partial charge in [0.05, 0.1) is 6.10 Å². The van der Waals surface area contributed by atoms with Crippen LogP contribution in [-0.4, -0.2) is 11.2 Å². The molecule has 2 heteroatoms. The average Bonchev–Trinajstić information content (AvgIpc) is 2.41. The first kappa shape index (κ1) is 14.1. The van der Waals surface area contributed by atoms with E-state index in [0.717, 1.165) is 17.9 Å². The Bertz CT molecular complexity index is 490. The average molecular weight is 275 g/mol. The molecule has 0 saturated heterocycles. The van der Waals surface area contributed by atoms with E-state index in [1.807, 2.05) is 37.3 Å². The van der Waals surface area contributed by atoms with Gasteiger partial charge in [-0.25, -0.2) is 0 Å².